The standard InChI is InChI=1S/C20H24BrNO4S/c1-4-26-19(23)15-9-13(21)8-14-16(10-22(18(14)15)20(24)25)12-5-6-27-17(7-12)11(2)3/h8-12,17H,4-7H2,1-3H3,(H,24,25). The van der Waals surface area contributed by atoms with Crippen LogP contribution in [0.2, 0.25) is 0 Å². The summed E-state index contributed by atoms with van der Waals surface area (Å²) in [6, 6.07) is 3.55. The summed E-state index contributed by atoms with van der Waals surface area (Å²) < 4.78 is 7.08. The summed E-state index contributed by atoms with van der Waals surface area (Å²) in [7, 11) is 0. The molecule has 2 aromatic rings. The summed E-state index contributed by atoms with van der Waals surface area (Å²) in [5.41, 5.74) is 1.70. The zero-order chi connectivity index (χ0) is 19.7. The molecule has 2 atom stereocenters. The van der Waals surface area contributed by atoms with E-state index in [1.54, 1.807) is 19.2 Å². The Morgan fingerprint density at radius 2 is 2.15 bits per heavy atom. The molecule has 27 heavy (non-hydrogen) atoms. The summed E-state index contributed by atoms with van der Waals surface area (Å²) >= 11 is 5.47. The second-order valence-electron chi connectivity index (χ2n) is 7.18. The van der Waals surface area contributed by atoms with Gasteiger partial charge < -0.3 is 9.84 Å². The van der Waals surface area contributed by atoms with Crippen LogP contribution in [0.15, 0.2) is 22.8 Å². The molecule has 1 fully saturated rings. The van der Waals surface area contributed by atoms with Crippen molar-refractivity contribution in [2.75, 3.05) is 12.4 Å². The van der Waals surface area contributed by atoms with Gasteiger partial charge in [0.1, 0.15) is 0 Å². The van der Waals surface area contributed by atoms with E-state index in [0.717, 1.165) is 34.0 Å². The quantitative estimate of drug-likeness (QED) is 0.597. The summed E-state index contributed by atoms with van der Waals surface area (Å²) in [5, 5.41) is 11.1. The molecule has 2 heterocycles. The number of esters is 1. The molecule has 146 valence electrons. The number of carbonyl (C=O) groups is 2. The Hall–Kier alpha value is -1.47. The minimum Gasteiger partial charge on any atom is -0.464 e. The Kier molecular flexibility index (Phi) is 6.21. The number of benzene rings is 1. The van der Waals surface area contributed by atoms with E-state index < -0.39 is 12.1 Å². The van der Waals surface area contributed by atoms with Gasteiger partial charge in [-0.1, -0.05) is 29.8 Å². The number of thioether (sulfide) groups is 1. The van der Waals surface area contributed by atoms with E-state index in [9.17, 15) is 14.7 Å². The van der Waals surface area contributed by atoms with Crippen molar-refractivity contribution in [3.8, 4) is 0 Å². The van der Waals surface area contributed by atoms with Crippen molar-refractivity contribution in [2.24, 2.45) is 5.92 Å². The third kappa shape index (κ3) is 4.04. The molecule has 0 saturated carbocycles. The molecule has 0 bridgehead atoms. The number of aromatic nitrogens is 1. The van der Waals surface area contributed by atoms with Gasteiger partial charge in [0.2, 0.25) is 0 Å². The molecule has 1 aromatic heterocycles. The number of hydrogen-bond acceptors (Lipinski definition) is 4. The van der Waals surface area contributed by atoms with Crippen LogP contribution in [0.25, 0.3) is 10.9 Å². The molecule has 1 aromatic carbocycles. The average molecular weight is 454 g/mol. The highest BCUT2D eigenvalue weighted by atomic mass is 79.9. The Morgan fingerprint density at radius 1 is 1.41 bits per heavy atom. The normalized spacial score (nSPS) is 20.2. The van der Waals surface area contributed by atoms with Crippen molar-refractivity contribution in [3.05, 3.63) is 33.9 Å². The predicted octanol–water partition coefficient (Wildman–Crippen LogP) is 5.74. The number of carboxylic acid groups (broad SMARTS) is 1. The molecule has 7 heteroatoms. The van der Waals surface area contributed by atoms with Gasteiger partial charge in [-0.05, 0) is 55.1 Å². The highest BCUT2D eigenvalue weighted by Crippen LogP contribution is 2.43. The van der Waals surface area contributed by atoms with Crippen LogP contribution in [0.4, 0.5) is 4.79 Å². The maximum Gasteiger partial charge on any atom is 0.416 e. The molecular formula is C20H24BrNO4S. The molecule has 0 spiro atoms. The van der Waals surface area contributed by atoms with E-state index in [4.69, 9.17) is 4.74 Å². The molecule has 5 nitrogen and oxygen atoms in total. The van der Waals surface area contributed by atoms with Crippen LogP contribution in [0.1, 0.15) is 55.5 Å². The van der Waals surface area contributed by atoms with Gasteiger partial charge in [-0.15, -0.1) is 0 Å². The van der Waals surface area contributed by atoms with Gasteiger partial charge in [0.25, 0.3) is 0 Å². The van der Waals surface area contributed by atoms with E-state index >= 15 is 0 Å². The topological polar surface area (TPSA) is 68.5 Å². The number of hydrogen-bond donors (Lipinski definition) is 1. The predicted molar refractivity (Wildman–Crippen MR) is 112 cm³/mol. The molecule has 1 N–H and O–H groups in total. The van der Waals surface area contributed by atoms with Gasteiger partial charge >= 0.3 is 12.1 Å². The van der Waals surface area contributed by atoms with Crippen molar-refractivity contribution in [2.45, 2.75) is 44.8 Å². The van der Waals surface area contributed by atoms with Crippen molar-refractivity contribution < 1.29 is 19.4 Å². The maximum atomic E-state index is 12.5. The number of nitrogens with zero attached hydrogens (tertiary/aromatic N) is 1. The Morgan fingerprint density at radius 3 is 2.78 bits per heavy atom. The molecule has 1 aliphatic heterocycles. The van der Waals surface area contributed by atoms with Crippen molar-refractivity contribution in [3.63, 3.8) is 0 Å². The fourth-order valence-electron chi connectivity index (χ4n) is 3.77. The molecular weight excluding hydrogens is 430 g/mol. The fraction of sp³-hybridized carbons (Fsp3) is 0.500. The SMILES string of the molecule is CCOC(=O)c1cc(Br)cc2c(C3CCSC(C(C)C)C3)cn(C(=O)O)c12. The van der Waals surface area contributed by atoms with Crippen LogP contribution in [0.5, 0.6) is 0 Å². The lowest BCUT2D eigenvalue weighted by Gasteiger charge is -2.31. The Labute approximate surface area is 171 Å². The van der Waals surface area contributed by atoms with Gasteiger partial charge in [0, 0.05) is 21.3 Å². The molecule has 1 aliphatic rings. The third-order valence-electron chi connectivity index (χ3n) is 5.09. The summed E-state index contributed by atoms with van der Waals surface area (Å²) in [6.45, 7) is 6.44. The van der Waals surface area contributed by atoms with E-state index in [1.807, 2.05) is 17.8 Å². The van der Waals surface area contributed by atoms with Crippen LogP contribution in [-0.4, -0.2) is 39.3 Å². The van der Waals surface area contributed by atoms with Gasteiger partial charge in [-0.25, -0.2) is 9.59 Å². The molecule has 0 radical (unpaired) electrons. The van der Waals surface area contributed by atoms with E-state index in [0.29, 0.717) is 16.7 Å². The molecule has 0 amide bonds. The van der Waals surface area contributed by atoms with Crippen LogP contribution in [-0.2, 0) is 4.74 Å². The van der Waals surface area contributed by atoms with Crippen LogP contribution in [0.3, 0.4) is 0 Å². The molecule has 2 unspecified atom stereocenters. The Balaban J connectivity index is 2.17. The second-order valence-corrected chi connectivity index (χ2v) is 9.44. The third-order valence-corrected chi connectivity index (χ3v) is 7.19. The number of carbonyl (C=O) groups excluding carboxylic acids is 1. The minimum atomic E-state index is -1.09. The summed E-state index contributed by atoms with van der Waals surface area (Å²) in [6.07, 6.45) is 2.63. The van der Waals surface area contributed by atoms with Crippen molar-refractivity contribution in [1.29, 1.82) is 0 Å². The van der Waals surface area contributed by atoms with Gasteiger partial charge in [0.05, 0.1) is 17.7 Å². The fourth-order valence-corrected chi connectivity index (χ4v) is 5.70. The number of halogens is 1. The lowest BCUT2D eigenvalue weighted by Crippen LogP contribution is -2.21. The highest BCUT2D eigenvalue weighted by molar-refractivity contribution is 9.10. The maximum absolute atomic E-state index is 12.5. The first-order valence-electron chi connectivity index (χ1n) is 9.20. The lowest BCUT2D eigenvalue weighted by atomic mass is 9.88. The first-order chi connectivity index (χ1) is 12.8. The van der Waals surface area contributed by atoms with Crippen molar-refractivity contribution >= 4 is 50.7 Å². The minimum absolute atomic E-state index is 0.239. The van der Waals surface area contributed by atoms with Gasteiger partial charge in [-0.3, -0.25) is 4.57 Å². The van der Waals surface area contributed by atoms with E-state index in [-0.39, 0.29) is 18.1 Å². The second kappa shape index (κ2) is 8.27. The van der Waals surface area contributed by atoms with Crippen LogP contribution in [0, 0.1) is 5.92 Å². The zero-order valence-electron chi connectivity index (χ0n) is 15.7. The first kappa shape index (κ1) is 20.3. The van der Waals surface area contributed by atoms with Crippen LogP contribution >= 0.6 is 27.7 Å². The molecule has 1 saturated heterocycles. The van der Waals surface area contributed by atoms with Crippen molar-refractivity contribution in [1.82, 2.24) is 4.57 Å². The van der Waals surface area contributed by atoms with Crippen LogP contribution < -0.4 is 0 Å². The average Bonchev–Trinajstić information content (AvgIpc) is 3.00. The van der Waals surface area contributed by atoms with Gasteiger partial charge in [-0.2, -0.15) is 11.8 Å². The number of ether oxygens (including phenoxy) is 1. The summed E-state index contributed by atoms with van der Waals surface area (Å²) in [5.74, 6) is 1.42. The number of fused-ring (bicyclic) bond motifs is 1. The van der Waals surface area contributed by atoms with Gasteiger partial charge in [0.15, 0.2) is 0 Å². The molecule has 3 rings (SSSR count). The number of rotatable bonds is 4. The van der Waals surface area contributed by atoms with E-state index in [1.165, 1.54) is 4.57 Å². The largest absolute Gasteiger partial charge is 0.464 e. The molecule has 0 aliphatic carbocycles. The smallest absolute Gasteiger partial charge is 0.416 e. The van der Waals surface area contributed by atoms with E-state index in [2.05, 4.69) is 29.8 Å². The highest BCUT2D eigenvalue weighted by Gasteiger charge is 2.30. The Bertz CT molecular complexity index is 876. The summed E-state index contributed by atoms with van der Waals surface area (Å²) in [4.78, 5) is 24.4. The zero-order valence-corrected chi connectivity index (χ0v) is 18.1. The monoisotopic (exact) mass is 453 g/mol. The lowest BCUT2D eigenvalue weighted by molar-refractivity contribution is 0.0528. The first-order valence-corrected chi connectivity index (χ1v) is 11.0.